The molecule has 0 bridgehead atoms. The molecule has 3 heteroatoms. The molecule has 0 aliphatic carbocycles. The zero-order valence-corrected chi connectivity index (χ0v) is 11.2. The van der Waals surface area contributed by atoms with Crippen molar-refractivity contribution < 1.29 is 9.53 Å². The molecule has 0 aromatic heterocycles. The summed E-state index contributed by atoms with van der Waals surface area (Å²) in [6.07, 6.45) is 5.75. The van der Waals surface area contributed by atoms with Crippen molar-refractivity contribution in [1.82, 2.24) is 4.90 Å². The van der Waals surface area contributed by atoms with E-state index >= 15 is 0 Å². The molecule has 2 fully saturated rings. The minimum absolute atomic E-state index is 0.233. The average molecular weight is 239 g/mol. The number of likely N-dealkylation sites (tertiary alicyclic amines) is 1. The molecule has 0 amide bonds. The highest BCUT2D eigenvalue weighted by molar-refractivity contribution is 5.60. The summed E-state index contributed by atoms with van der Waals surface area (Å²) in [5.41, 5.74) is -0.233. The first kappa shape index (κ1) is 13.0. The van der Waals surface area contributed by atoms with E-state index in [0.29, 0.717) is 12.6 Å². The molecule has 17 heavy (non-hydrogen) atoms. The van der Waals surface area contributed by atoms with Crippen LogP contribution in [0.4, 0.5) is 0 Å². The Balaban J connectivity index is 1.99. The average Bonchev–Trinajstić information content (AvgIpc) is 2.35. The number of piperidine rings is 1. The van der Waals surface area contributed by atoms with E-state index in [1.54, 1.807) is 0 Å². The molecule has 0 spiro atoms. The number of hydrogen-bond donors (Lipinski definition) is 0. The van der Waals surface area contributed by atoms with Crippen molar-refractivity contribution in [2.75, 3.05) is 26.3 Å². The lowest BCUT2D eigenvalue weighted by Gasteiger charge is -2.43. The molecule has 98 valence electrons. The van der Waals surface area contributed by atoms with Gasteiger partial charge in [-0.2, -0.15) is 0 Å². The lowest BCUT2D eigenvalue weighted by atomic mass is 9.82. The molecule has 3 atom stereocenters. The van der Waals surface area contributed by atoms with Crippen molar-refractivity contribution >= 4 is 6.29 Å². The monoisotopic (exact) mass is 239 g/mol. The van der Waals surface area contributed by atoms with Gasteiger partial charge in [0.15, 0.2) is 0 Å². The Hall–Kier alpha value is -0.410. The van der Waals surface area contributed by atoms with E-state index in [1.807, 2.05) is 0 Å². The van der Waals surface area contributed by atoms with Crippen molar-refractivity contribution in [3.05, 3.63) is 0 Å². The quantitative estimate of drug-likeness (QED) is 0.706. The fourth-order valence-corrected chi connectivity index (χ4v) is 3.13. The maximum absolute atomic E-state index is 11.4. The second kappa shape index (κ2) is 5.49. The normalized spacial score (nSPS) is 40.1. The van der Waals surface area contributed by atoms with Crippen molar-refractivity contribution in [2.45, 2.75) is 45.6 Å². The summed E-state index contributed by atoms with van der Waals surface area (Å²) in [5, 5.41) is 0. The van der Waals surface area contributed by atoms with E-state index in [-0.39, 0.29) is 5.41 Å². The maximum atomic E-state index is 11.4. The van der Waals surface area contributed by atoms with Crippen LogP contribution in [0, 0.1) is 11.3 Å². The second-order valence-electron chi connectivity index (χ2n) is 6.10. The van der Waals surface area contributed by atoms with Crippen molar-refractivity contribution in [2.24, 2.45) is 11.3 Å². The van der Waals surface area contributed by atoms with Gasteiger partial charge in [0.1, 0.15) is 6.29 Å². The number of nitrogens with zero attached hydrogens (tertiary/aromatic N) is 1. The first-order chi connectivity index (χ1) is 8.15. The van der Waals surface area contributed by atoms with Crippen LogP contribution in [-0.4, -0.2) is 43.5 Å². The Kier molecular flexibility index (Phi) is 4.21. The van der Waals surface area contributed by atoms with Gasteiger partial charge in [-0.1, -0.05) is 6.92 Å². The maximum Gasteiger partial charge on any atom is 0.129 e. The molecule has 3 unspecified atom stereocenters. The van der Waals surface area contributed by atoms with Crippen LogP contribution in [-0.2, 0) is 9.53 Å². The van der Waals surface area contributed by atoms with E-state index in [2.05, 4.69) is 18.7 Å². The summed E-state index contributed by atoms with van der Waals surface area (Å²) in [5.74, 6) is 0.763. The Morgan fingerprint density at radius 3 is 2.88 bits per heavy atom. The third-order valence-corrected chi connectivity index (χ3v) is 4.37. The first-order valence-electron chi connectivity index (χ1n) is 6.93. The smallest absolute Gasteiger partial charge is 0.129 e. The van der Waals surface area contributed by atoms with Gasteiger partial charge >= 0.3 is 0 Å². The SMILES string of the molecule is CC1CCC(C)N(CC2(C=O)CCCOC2)C1. The van der Waals surface area contributed by atoms with Crippen molar-refractivity contribution in [3.63, 3.8) is 0 Å². The number of aldehydes is 1. The summed E-state index contributed by atoms with van der Waals surface area (Å²) in [4.78, 5) is 13.9. The van der Waals surface area contributed by atoms with Gasteiger partial charge < -0.3 is 9.53 Å². The Labute approximate surface area is 105 Å². The summed E-state index contributed by atoms with van der Waals surface area (Å²) in [6.45, 7) is 8.06. The van der Waals surface area contributed by atoms with Crippen molar-refractivity contribution in [3.8, 4) is 0 Å². The number of hydrogen-bond acceptors (Lipinski definition) is 3. The minimum atomic E-state index is -0.233. The van der Waals surface area contributed by atoms with Crippen molar-refractivity contribution in [1.29, 1.82) is 0 Å². The number of rotatable bonds is 3. The van der Waals surface area contributed by atoms with Gasteiger partial charge in [-0.25, -0.2) is 0 Å². The Morgan fingerprint density at radius 1 is 1.41 bits per heavy atom. The lowest BCUT2D eigenvalue weighted by molar-refractivity contribution is -0.126. The highest BCUT2D eigenvalue weighted by atomic mass is 16.5. The van der Waals surface area contributed by atoms with Crippen LogP contribution in [0.3, 0.4) is 0 Å². The summed E-state index contributed by atoms with van der Waals surface area (Å²) >= 11 is 0. The molecule has 0 saturated carbocycles. The summed E-state index contributed by atoms with van der Waals surface area (Å²) in [6, 6.07) is 0.616. The molecule has 0 aromatic rings. The molecular formula is C14H25NO2. The third-order valence-electron chi connectivity index (χ3n) is 4.37. The van der Waals surface area contributed by atoms with E-state index in [4.69, 9.17) is 4.74 Å². The second-order valence-corrected chi connectivity index (χ2v) is 6.10. The molecule has 2 saturated heterocycles. The van der Waals surface area contributed by atoms with Crippen LogP contribution in [0.2, 0.25) is 0 Å². The van der Waals surface area contributed by atoms with Gasteiger partial charge in [0.2, 0.25) is 0 Å². The van der Waals surface area contributed by atoms with E-state index in [0.717, 1.165) is 44.7 Å². The molecule has 0 N–H and O–H groups in total. The zero-order valence-electron chi connectivity index (χ0n) is 11.2. The molecule has 2 rings (SSSR count). The van der Waals surface area contributed by atoms with E-state index in [9.17, 15) is 4.79 Å². The molecule has 2 aliphatic heterocycles. The number of carbonyl (C=O) groups is 1. The predicted molar refractivity (Wildman–Crippen MR) is 68.0 cm³/mol. The minimum Gasteiger partial charge on any atom is -0.380 e. The highest BCUT2D eigenvalue weighted by Gasteiger charge is 2.37. The predicted octanol–water partition coefficient (Wildman–Crippen LogP) is 2.10. The molecule has 2 aliphatic rings. The van der Waals surface area contributed by atoms with Gasteiger partial charge in [0.25, 0.3) is 0 Å². The van der Waals surface area contributed by atoms with Crippen LogP contribution >= 0.6 is 0 Å². The van der Waals surface area contributed by atoms with Crippen LogP contribution < -0.4 is 0 Å². The van der Waals surface area contributed by atoms with E-state index in [1.165, 1.54) is 12.8 Å². The molecule has 2 heterocycles. The van der Waals surface area contributed by atoms with Gasteiger partial charge in [0.05, 0.1) is 12.0 Å². The molecule has 0 radical (unpaired) electrons. The van der Waals surface area contributed by atoms with Gasteiger partial charge in [-0.05, 0) is 38.5 Å². The standard InChI is InChI=1S/C14H25NO2/c1-12-4-5-13(2)15(8-12)9-14(10-16)6-3-7-17-11-14/h10,12-13H,3-9,11H2,1-2H3. The van der Waals surface area contributed by atoms with Crippen LogP contribution in [0.15, 0.2) is 0 Å². The van der Waals surface area contributed by atoms with Gasteiger partial charge in [0, 0.05) is 25.7 Å². The first-order valence-corrected chi connectivity index (χ1v) is 6.93. The van der Waals surface area contributed by atoms with Gasteiger partial charge in [-0.15, -0.1) is 0 Å². The molecular weight excluding hydrogens is 214 g/mol. The van der Waals surface area contributed by atoms with Crippen LogP contribution in [0.1, 0.15) is 39.5 Å². The highest BCUT2D eigenvalue weighted by Crippen LogP contribution is 2.31. The third kappa shape index (κ3) is 3.08. The van der Waals surface area contributed by atoms with E-state index < -0.39 is 0 Å². The number of carbonyl (C=O) groups excluding carboxylic acids is 1. The lowest BCUT2D eigenvalue weighted by Crippen LogP contribution is -2.50. The fourth-order valence-electron chi connectivity index (χ4n) is 3.13. The summed E-state index contributed by atoms with van der Waals surface area (Å²) < 4.78 is 5.52. The molecule has 0 aromatic carbocycles. The molecule has 3 nitrogen and oxygen atoms in total. The zero-order chi connectivity index (χ0) is 12.3. The summed E-state index contributed by atoms with van der Waals surface area (Å²) in [7, 11) is 0. The largest absolute Gasteiger partial charge is 0.380 e. The van der Waals surface area contributed by atoms with Crippen LogP contribution in [0.25, 0.3) is 0 Å². The Morgan fingerprint density at radius 2 is 2.24 bits per heavy atom. The van der Waals surface area contributed by atoms with Crippen LogP contribution in [0.5, 0.6) is 0 Å². The fraction of sp³-hybridized carbons (Fsp3) is 0.929. The van der Waals surface area contributed by atoms with Gasteiger partial charge in [-0.3, -0.25) is 4.90 Å². The number of ether oxygens (including phenoxy) is 1. The topological polar surface area (TPSA) is 29.5 Å². The Bertz CT molecular complexity index is 261.